The van der Waals surface area contributed by atoms with Crippen molar-refractivity contribution < 1.29 is 29.3 Å². The van der Waals surface area contributed by atoms with Gasteiger partial charge in [-0.2, -0.15) is 0 Å². The van der Waals surface area contributed by atoms with E-state index in [2.05, 4.69) is 34.9 Å². The molecule has 0 aromatic heterocycles. The Bertz CT molecular complexity index is 990. The summed E-state index contributed by atoms with van der Waals surface area (Å²) in [7, 11) is 0. The molecule has 3 rings (SSSR count). The topological polar surface area (TPSA) is 125 Å². The molecule has 8 nitrogen and oxygen atoms in total. The van der Waals surface area contributed by atoms with Gasteiger partial charge in [0.1, 0.15) is 12.6 Å². The number of nitrogens with one attached hydrogen (secondary N) is 2. The number of rotatable bonds is 11. The van der Waals surface area contributed by atoms with Gasteiger partial charge < -0.3 is 25.6 Å². The van der Waals surface area contributed by atoms with E-state index >= 15 is 0 Å². The maximum absolute atomic E-state index is 12.3. The van der Waals surface area contributed by atoms with Crippen LogP contribution in [0.4, 0.5) is 4.79 Å². The second kappa shape index (κ2) is 11.2. The predicted molar refractivity (Wildman–Crippen MR) is 127 cm³/mol. The number of carboxylic acids is 1. The highest BCUT2D eigenvalue weighted by Crippen LogP contribution is 2.44. The van der Waals surface area contributed by atoms with Crippen LogP contribution in [0.1, 0.15) is 50.2 Å². The van der Waals surface area contributed by atoms with Crippen molar-refractivity contribution in [1.82, 2.24) is 10.6 Å². The number of carboxylic acid groups (broad SMARTS) is 1. The van der Waals surface area contributed by atoms with Crippen molar-refractivity contribution in [1.29, 1.82) is 0 Å². The summed E-state index contributed by atoms with van der Waals surface area (Å²) in [5.41, 5.74) is 4.40. The number of benzene rings is 2. The van der Waals surface area contributed by atoms with Gasteiger partial charge in [-0.15, -0.1) is 0 Å². The van der Waals surface area contributed by atoms with Crippen LogP contribution in [0.5, 0.6) is 0 Å². The Balaban J connectivity index is 1.42. The van der Waals surface area contributed by atoms with Gasteiger partial charge in [0.05, 0.1) is 6.61 Å². The highest BCUT2D eigenvalue weighted by atomic mass is 16.5. The van der Waals surface area contributed by atoms with Crippen LogP contribution < -0.4 is 10.6 Å². The standard InChI is InChI=1S/C26H32N2O6/c1-26(2,12-11-23(30)28-22(15-29)24(31)32)13-14-27-25(33)34-16-21-19-9-5-3-7-17(19)18-8-4-6-10-20(18)21/h3-10,21-22,29H,11-16H2,1-2H3,(H,27,33)(H,28,30)(H,31,32). The minimum Gasteiger partial charge on any atom is -0.480 e. The molecule has 8 heteroatoms. The third-order valence-corrected chi connectivity index (χ3v) is 6.26. The van der Waals surface area contributed by atoms with E-state index in [4.69, 9.17) is 14.9 Å². The molecule has 182 valence electrons. The minimum absolute atomic E-state index is 0.00153. The molecule has 0 bridgehead atoms. The average molecular weight is 469 g/mol. The number of carbonyl (C=O) groups is 3. The molecule has 4 N–H and O–H groups in total. The number of aliphatic hydroxyl groups excluding tert-OH is 1. The summed E-state index contributed by atoms with van der Waals surface area (Å²) in [4.78, 5) is 35.2. The number of aliphatic carboxylic acids is 1. The van der Waals surface area contributed by atoms with Gasteiger partial charge >= 0.3 is 12.1 Å². The van der Waals surface area contributed by atoms with Crippen molar-refractivity contribution in [3.8, 4) is 11.1 Å². The van der Waals surface area contributed by atoms with Gasteiger partial charge in [0.15, 0.2) is 0 Å². The Morgan fingerprint density at radius 2 is 1.59 bits per heavy atom. The summed E-state index contributed by atoms with van der Waals surface area (Å²) >= 11 is 0. The van der Waals surface area contributed by atoms with Gasteiger partial charge in [-0.25, -0.2) is 9.59 Å². The third kappa shape index (κ3) is 6.35. The van der Waals surface area contributed by atoms with Crippen molar-refractivity contribution in [2.24, 2.45) is 5.41 Å². The normalized spacial score (nSPS) is 13.5. The van der Waals surface area contributed by atoms with Gasteiger partial charge in [0, 0.05) is 18.9 Å². The van der Waals surface area contributed by atoms with E-state index in [9.17, 15) is 14.4 Å². The van der Waals surface area contributed by atoms with E-state index < -0.39 is 30.6 Å². The molecule has 0 radical (unpaired) electrons. The van der Waals surface area contributed by atoms with Crippen LogP contribution in [0.2, 0.25) is 0 Å². The Morgan fingerprint density at radius 1 is 1.00 bits per heavy atom. The fourth-order valence-electron chi connectivity index (χ4n) is 4.18. The van der Waals surface area contributed by atoms with Crippen LogP contribution >= 0.6 is 0 Å². The van der Waals surface area contributed by atoms with Gasteiger partial charge in [0.2, 0.25) is 5.91 Å². The van der Waals surface area contributed by atoms with E-state index in [0.717, 1.165) is 11.1 Å². The van der Waals surface area contributed by atoms with Gasteiger partial charge in [0.25, 0.3) is 0 Å². The van der Waals surface area contributed by atoms with Gasteiger partial charge in [-0.1, -0.05) is 62.4 Å². The van der Waals surface area contributed by atoms with E-state index in [0.29, 0.717) is 19.4 Å². The van der Waals surface area contributed by atoms with Crippen molar-refractivity contribution in [2.45, 2.75) is 45.1 Å². The molecule has 1 unspecified atom stereocenters. The number of hydrogen-bond acceptors (Lipinski definition) is 5. The predicted octanol–water partition coefficient (Wildman–Crippen LogP) is 3.28. The average Bonchev–Trinajstić information content (AvgIpc) is 3.13. The minimum atomic E-state index is -1.30. The van der Waals surface area contributed by atoms with E-state index in [1.807, 2.05) is 38.1 Å². The molecule has 2 aromatic carbocycles. The number of carbonyl (C=O) groups excluding carboxylic acids is 2. The van der Waals surface area contributed by atoms with Crippen molar-refractivity contribution in [3.63, 3.8) is 0 Å². The molecule has 2 amide bonds. The number of fused-ring (bicyclic) bond motifs is 3. The number of ether oxygens (including phenoxy) is 1. The van der Waals surface area contributed by atoms with Crippen molar-refractivity contribution in [3.05, 3.63) is 59.7 Å². The summed E-state index contributed by atoms with van der Waals surface area (Å²) < 4.78 is 5.54. The molecule has 0 aliphatic heterocycles. The lowest BCUT2D eigenvalue weighted by molar-refractivity contribution is -0.143. The zero-order valence-electron chi connectivity index (χ0n) is 19.5. The smallest absolute Gasteiger partial charge is 0.407 e. The van der Waals surface area contributed by atoms with Crippen molar-refractivity contribution >= 4 is 18.0 Å². The van der Waals surface area contributed by atoms with E-state index in [-0.39, 0.29) is 24.4 Å². The van der Waals surface area contributed by atoms with Crippen LogP contribution in [0.15, 0.2) is 48.5 Å². The SMILES string of the molecule is CC(C)(CCNC(=O)OCC1c2ccccc2-c2ccccc21)CCC(=O)NC(CO)C(=O)O. The molecule has 0 spiro atoms. The zero-order valence-corrected chi connectivity index (χ0v) is 19.5. The lowest BCUT2D eigenvalue weighted by atomic mass is 9.84. The Hall–Kier alpha value is -3.39. The van der Waals surface area contributed by atoms with Crippen molar-refractivity contribution in [2.75, 3.05) is 19.8 Å². The molecular weight excluding hydrogens is 436 g/mol. The molecule has 0 saturated heterocycles. The molecule has 34 heavy (non-hydrogen) atoms. The quantitative estimate of drug-likeness (QED) is 0.401. The lowest BCUT2D eigenvalue weighted by Gasteiger charge is -2.24. The van der Waals surface area contributed by atoms with E-state index in [1.54, 1.807) is 0 Å². The van der Waals surface area contributed by atoms with E-state index in [1.165, 1.54) is 11.1 Å². The molecule has 0 heterocycles. The maximum Gasteiger partial charge on any atom is 0.407 e. The summed E-state index contributed by atoms with van der Waals surface area (Å²) in [6.07, 6.45) is 0.764. The molecule has 2 aromatic rings. The first-order valence-electron chi connectivity index (χ1n) is 11.4. The summed E-state index contributed by atoms with van der Waals surface area (Å²) in [6.45, 7) is 3.92. The fourth-order valence-corrected chi connectivity index (χ4v) is 4.18. The molecule has 1 aliphatic carbocycles. The molecule has 1 atom stereocenters. The number of aliphatic hydroxyl groups is 1. The second-order valence-electron chi connectivity index (χ2n) is 9.31. The zero-order chi connectivity index (χ0) is 24.7. The van der Waals surface area contributed by atoms with Crippen LogP contribution in [-0.4, -0.2) is 54.0 Å². The molecule has 1 aliphatic rings. The number of amides is 2. The Kier molecular flexibility index (Phi) is 8.28. The summed E-state index contributed by atoms with van der Waals surface area (Å²) in [5.74, 6) is -1.71. The Morgan fingerprint density at radius 3 is 2.15 bits per heavy atom. The maximum atomic E-state index is 12.3. The first-order valence-corrected chi connectivity index (χ1v) is 11.4. The summed E-state index contributed by atoms with van der Waals surface area (Å²) in [5, 5.41) is 23.0. The second-order valence-corrected chi connectivity index (χ2v) is 9.31. The number of hydrogen-bond donors (Lipinski definition) is 4. The van der Waals surface area contributed by atoms with Crippen LogP contribution in [-0.2, 0) is 14.3 Å². The van der Waals surface area contributed by atoms with Crippen LogP contribution in [0, 0.1) is 5.41 Å². The third-order valence-electron chi connectivity index (χ3n) is 6.26. The van der Waals surface area contributed by atoms with Gasteiger partial charge in [-0.3, -0.25) is 4.79 Å². The lowest BCUT2D eigenvalue weighted by Crippen LogP contribution is -2.43. The largest absolute Gasteiger partial charge is 0.480 e. The van der Waals surface area contributed by atoms with Crippen LogP contribution in [0.25, 0.3) is 11.1 Å². The summed E-state index contributed by atoms with van der Waals surface area (Å²) in [6, 6.07) is 15.0. The first kappa shape index (κ1) is 25.2. The molecular formula is C26H32N2O6. The monoisotopic (exact) mass is 468 g/mol. The molecule has 0 saturated carbocycles. The first-order chi connectivity index (χ1) is 16.2. The molecule has 0 fully saturated rings. The number of alkyl carbamates (subject to hydrolysis) is 1. The Labute approximate surface area is 199 Å². The van der Waals surface area contributed by atoms with Gasteiger partial charge in [-0.05, 0) is 40.5 Å². The van der Waals surface area contributed by atoms with Crippen LogP contribution in [0.3, 0.4) is 0 Å². The highest BCUT2D eigenvalue weighted by molar-refractivity contribution is 5.83. The fraction of sp³-hybridized carbons (Fsp3) is 0.423. The highest BCUT2D eigenvalue weighted by Gasteiger charge is 2.29.